The number of benzene rings is 1. The predicted octanol–water partition coefficient (Wildman–Crippen LogP) is 2.86. The third-order valence-corrected chi connectivity index (χ3v) is 4.61. The van der Waals surface area contributed by atoms with E-state index in [1.165, 1.54) is 12.0 Å². The molecule has 0 saturated carbocycles. The average Bonchev–Trinajstić information content (AvgIpc) is 2.83. The van der Waals surface area contributed by atoms with E-state index < -0.39 is 5.97 Å². The van der Waals surface area contributed by atoms with Crippen LogP contribution >= 0.6 is 24.0 Å². The van der Waals surface area contributed by atoms with Crippen molar-refractivity contribution in [2.75, 3.05) is 20.8 Å². The van der Waals surface area contributed by atoms with Gasteiger partial charge in [0, 0.05) is 0 Å². The van der Waals surface area contributed by atoms with Crippen molar-refractivity contribution in [3.8, 4) is 11.5 Å². The third-order valence-electron chi connectivity index (χ3n) is 3.24. The summed E-state index contributed by atoms with van der Waals surface area (Å²) in [4.78, 5) is 25.5. The van der Waals surface area contributed by atoms with Gasteiger partial charge in [-0.3, -0.25) is 14.5 Å². The van der Waals surface area contributed by atoms with E-state index in [0.717, 1.165) is 17.3 Å². The fourth-order valence-corrected chi connectivity index (χ4v) is 3.36. The molecule has 1 aliphatic heterocycles. The van der Waals surface area contributed by atoms with Gasteiger partial charge in [-0.15, -0.1) is 0 Å². The van der Waals surface area contributed by atoms with Crippen molar-refractivity contribution in [1.29, 1.82) is 0 Å². The van der Waals surface area contributed by atoms with E-state index >= 15 is 0 Å². The van der Waals surface area contributed by atoms with Crippen LogP contribution in [0.2, 0.25) is 0 Å². The maximum Gasteiger partial charge on any atom is 0.325 e. The fraction of sp³-hybridized carbons (Fsp3) is 0.353. The molecule has 0 aliphatic carbocycles. The summed E-state index contributed by atoms with van der Waals surface area (Å²) in [5, 5.41) is 0. The number of thioether (sulfide) groups is 1. The van der Waals surface area contributed by atoms with Crippen LogP contribution in [0.25, 0.3) is 6.08 Å². The first-order valence-corrected chi connectivity index (χ1v) is 8.75. The van der Waals surface area contributed by atoms with Crippen LogP contribution in [-0.4, -0.2) is 48.0 Å². The van der Waals surface area contributed by atoms with Crippen LogP contribution in [0.1, 0.15) is 19.4 Å². The number of ether oxygens (including phenoxy) is 3. The van der Waals surface area contributed by atoms with Crippen molar-refractivity contribution in [1.82, 2.24) is 4.90 Å². The Hall–Kier alpha value is -2.06. The fourth-order valence-electron chi connectivity index (χ4n) is 2.11. The summed E-state index contributed by atoms with van der Waals surface area (Å²) in [7, 11) is 2.82. The Labute approximate surface area is 156 Å². The van der Waals surface area contributed by atoms with Crippen molar-refractivity contribution in [3.63, 3.8) is 0 Å². The first-order valence-electron chi connectivity index (χ1n) is 7.52. The number of carbonyl (C=O) groups is 2. The Bertz CT molecular complexity index is 730. The van der Waals surface area contributed by atoms with Crippen molar-refractivity contribution < 1.29 is 23.8 Å². The molecule has 25 heavy (non-hydrogen) atoms. The molecule has 1 heterocycles. The monoisotopic (exact) mass is 381 g/mol. The Balaban J connectivity index is 2.24. The number of hydrogen-bond donors (Lipinski definition) is 0. The van der Waals surface area contributed by atoms with Gasteiger partial charge in [0.25, 0.3) is 5.91 Å². The standard InChI is InChI=1S/C17H19NO5S2/c1-10(2)23-12-6-5-11(7-13(12)21-3)8-14-16(20)18(17(24)25-14)9-15(19)22-4/h5-8,10H,9H2,1-4H3/b14-8+. The van der Waals surface area contributed by atoms with Gasteiger partial charge in [0.05, 0.1) is 25.2 Å². The Morgan fingerprint density at radius 3 is 2.64 bits per heavy atom. The minimum atomic E-state index is -0.519. The lowest BCUT2D eigenvalue weighted by molar-refractivity contribution is -0.143. The molecule has 8 heteroatoms. The van der Waals surface area contributed by atoms with E-state index in [1.54, 1.807) is 25.3 Å². The Morgan fingerprint density at radius 1 is 1.32 bits per heavy atom. The van der Waals surface area contributed by atoms with Gasteiger partial charge >= 0.3 is 5.97 Å². The zero-order valence-electron chi connectivity index (χ0n) is 14.4. The number of methoxy groups -OCH3 is 2. The minimum Gasteiger partial charge on any atom is -0.493 e. The van der Waals surface area contributed by atoms with Crippen molar-refractivity contribution >= 4 is 46.3 Å². The van der Waals surface area contributed by atoms with Crippen LogP contribution in [0.4, 0.5) is 0 Å². The van der Waals surface area contributed by atoms with Crippen LogP contribution in [0.15, 0.2) is 23.1 Å². The molecule has 134 valence electrons. The lowest BCUT2D eigenvalue weighted by atomic mass is 10.2. The van der Waals surface area contributed by atoms with Gasteiger partial charge in [-0.25, -0.2) is 0 Å². The van der Waals surface area contributed by atoms with Crippen LogP contribution in [0.5, 0.6) is 11.5 Å². The van der Waals surface area contributed by atoms with Crippen molar-refractivity contribution in [3.05, 3.63) is 28.7 Å². The number of rotatable bonds is 6. The quantitative estimate of drug-likeness (QED) is 0.426. The summed E-state index contributed by atoms with van der Waals surface area (Å²) in [6, 6.07) is 5.40. The smallest absolute Gasteiger partial charge is 0.325 e. The van der Waals surface area contributed by atoms with E-state index in [9.17, 15) is 9.59 Å². The Kier molecular flexibility index (Phi) is 6.44. The van der Waals surface area contributed by atoms with E-state index in [2.05, 4.69) is 4.74 Å². The van der Waals surface area contributed by atoms with E-state index in [4.69, 9.17) is 21.7 Å². The molecule has 0 bridgehead atoms. The van der Waals surface area contributed by atoms with Crippen LogP contribution in [0, 0.1) is 0 Å². The summed E-state index contributed by atoms with van der Waals surface area (Å²) in [5.41, 5.74) is 0.770. The summed E-state index contributed by atoms with van der Waals surface area (Å²) in [6.07, 6.45) is 1.73. The summed E-state index contributed by atoms with van der Waals surface area (Å²) in [6.45, 7) is 3.67. The van der Waals surface area contributed by atoms with Gasteiger partial charge in [-0.1, -0.05) is 30.0 Å². The Morgan fingerprint density at radius 2 is 2.04 bits per heavy atom. The molecular weight excluding hydrogens is 362 g/mol. The van der Waals surface area contributed by atoms with Gasteiger partial charge < -0.3 is 14.2 Å². The molecule has 1 saturated heterocycles. The van der Waals surface area contributed by atoms with Gasteiger partial charge in [0.15, 0.2) is 11.5 Å². The second-order valence-electron chi connectivity index (χ2n) is 5.42. The molecule has 1 aromatic carbocycles. The molecule has 0 atom stereocenters. The number of carbonyl (C=O) groups excluding carboxylic acids is 2. The zero-order chi connectivity index (χ0) is 18.6. The minimum absolute atomic E-state index is 0.0225. The average molecular weight is 381 g/mol. The summed E-state index contributed by atoms with van der Waals surface area (Å²) in [5.74, 6) is 0.372. The summed E-state index contributed by atoms with van der Waals surface area (Å²) < 4.78 is 15.9. The highest BCUT2D eigenvalue weighted by atomic mass is 32.2. The number of hydrogen-bond acceptors (Lipinski definition) is 7. The molecule has 1 amide bonds. The summed E-state index contributed by atoms with van der Waals surface area (Å²) >= 11 is 6.32. The second kappa shape index (κ2) is 8.35. The number of amides is 1. The topological polar surface area (TPSA) is 65.1 Å². The molecular formula is C17H19NO5S2. The molecule has 1 aromatic rings. The van der Waals surface area contributed by atoms with Gasteiger partial charge in [-0.2, -0.15) is 0 Å². The van der Waals surface area contributed by atoms with Gasteiger partial charge in [0.1, 0.15) is 10.9 Å². The third kappa shape index (κ3) is 4.73. The SMILES string of the molecule is COC(=O)CN1C(=O)/C(=C\c2ccc(OC(C)C)c(OC)c2)SC1=S. The molecule has 0 N–H and O–H groups in total. The van der Waals surface area contributed by atoms with Crippen LogP contribution in [0.3, 0.4) is 0 Å². The van der Waals surface area contributed by atoms with Gasteiger partial charge in [0.2, 0.25) is 0 Å². The first-order chi connectivity index (χ1) is 11.8. The lowest BCUT2D eigenvalue weighted by Crippen LogP contribution is -2.33. The van der Waals surface area contributed by atoms with Crippen LogP contribution < -0.4 is 9.47 Å². The second-order valence-corrected chi connectivity index (χ2v) is 7.10. The largest absolute Gasteiger partial charge is 0.493 e. The molecule has 0 aromatic heterocycles. The zero-order valence-corrected chi connectivity index (χ0v) is 16.0. The highest BCUT2D eigenvalue weighted by Gasteiger charge is 2.33. The van der Waals surface area contributed by atoms with Crippen molar-refractivity contribution in [2.24, 2.45) is 0 Å². The van der Waals surface area contributed by atoms with E-state index in [1.807, 2.05) is 19.9 Å². The normalized spacial score (nSPS) is 15.9. The molecule has 2 rings (SSSR count). The highest BCUT2D eigenvalue weighted by Crippen LogP contribution is 2.34. The van der Waals surface area contributed by atoms with E-state index in [-0.39, 0.29) is 18.6 Å². The molecule has 0 radical (unpaired) electrons. The van der Waals surface area contributed by atoms with Crippen LogP contribution in [-0.2, 0) is 14.3 Å². The number of nitrogens with zero attached hydrogens (tertiary/aromatic N) is 1. The molecule has 6 nitrogen and oxygen atoms in total. The predicted molar refractivity (Wildman–Crippen MR) is 101 cm³/mol. The number of esters is 1. The highest BCUT2D eigenvalue weighted by molar-refractivity contribution is 8.26. The molecule has 0 spiro atoms. The molecule has 1 aliphatic rings. The van der Waals surface area contributed by atoms with Crippen molar-refractivity contribution in [2.45, 2.75) is 20.0 Å². The maximum absolute atomic E-state index is 12.4. The van der Waals surface area contributed by atoms with Gasteiger partial charge in [-0.05, 0) is 37.6 Å². The first kappa shape index (κ1) is 19.3. The molecule has 0 unspecified atom stereocenters. The maximum atomic E-state index is 12.4. The molecule has 1 fully saturated rings. The lowest BCUT2D eigenvalue weighted by Gasteiger charge is -2.14. The number of thiocarbonyl (C=S) groups is 1. The van der Waals surface area contributed by atoms with E-state index in [0.29, 0.717) is 20.7 Å².